The summed E-state index contributed by atoms with van der Waals surface area (Å²) in [5.41, 5.74) is 1.36. The number of benzene rings is 1. The normalized spacial score (nSPS) is 20.9. The molecule has 0 amide bonds. The van der Waals surface area contributed by atoms with E-state index in [-0.39, 0.29) is 16.9 Å². The van der Waals surface area contributed by atoms with E-state index in [4.69, 9.17) is 0 Å². The highest BCUT2D eigenvalue weighted by Gasteiger charge is 2.49. The topological polar surface area (TPSA) is 32.3 Å². The molecule has 2 nitrogen and oxygen atoms in total. The molecule has 1 fully saturated rings. The van der Waals surface area contributed by atoms with Crippen molar-refractivity contribution in [3.8, 4) is 0 Å². The Hall–Kier alpha value is -0.860. The Bertz CT molecular complexity index is 403. The fraction of sp³-hybridized carbons (Fsp3) is 0.647. The van der Waals surface area contributed by atoms with Gasteiger partial charge in [-0.3, -0.25) is 0 Å². The van der Waals surface area contributed by atoms with Gasteiger partial charge in [-0.25, -0.2) is 0 Å². The molecule has 0 bridgehead atoms. The highest BCUT2D eigenvalue weighted by molar-refractivity contribution is 5.22. The maximum atomic E-state index is 10.6. The fourth-order valence-corrected chi connectivity index (χ4v) is 2.36. The Morgan fingerprint density at radius 2 is 1.79 bits per heavy atom. The van der Waals surface area contributed by atoms with Crippen LogP contribution in [0.5, 0.6) is 0 Å². The van der Waals surface area contributed by atoms with Crippen LogP contribution in [0.3, 0.4) is 0 Å². The Morgan fingerprint density at radius 1 is 1.21 bits per heavy atom. The quantitative estimate of drug-likeness (QED) is 0.850. The summed E-state index contributed by atoms with van der Waals surface area (Å²) in [4.78, 5) is 0. The lowest BCUT2D eigenvalue weighted by molar-refractivity contribution is 0.0866. The van der Waals surface area contributed by atoms with Gasteiger partial charge < -0.3 is 10.4 Å². The van der Waals surface area contributed by atoms with Crippen molar-refractivity contribution in [2.45, 2.75) is 52.7 Å². The van der Waals surface area contributed by atoms with Gasteiger partial charge in [0.15, 0.2) is 0 Å². The molecule has 0 radical (unpaired) electrons. The molecule has 19 heavy (non-hydrogen) atoms. The molecule has 1 aliphatic carbocycles. The van der Waals surface area contributed by atoms with E-state index in [1.807, 2.05) is 30.3 Å². The zero-order valence-electron chi connectivity index (χ0n) is 12.6. The summed E-state index contributed by atoms with van der Waals surface area (Å²) in [6, 6.07) is 10.5. The van der Waals surface area contributed by atoms with Crippen molar-refractivity contribution in [2.75, 3.05) is 6.54 Å². The zero-order valence-corrected chi connectivity index (χ0v) is 12.6. The first-order valence-corrected chi connectivity index (χ1v) is 7.32. The van der Waals surface area contributed by atoms with E-state index in [0.29, 0.717) is 6.04 Å². The number of hydrogen-bond acceptors (Lipinski definition) is 2. The number of aliphatic hydroxyl groups excluding tert-OH is 1. The predicted molar refractivity (Wildman–Crippen MR) is 80.0 cm³/mol. The number of rotatable bonds is 5. The highest BCUT2D eigenvalue weighted by Crippen LogP contribution is 2.54. The summed E-state index contributed by atoms with van der Waals surface area (Å²) < 4.78 is 0. The van der Waals surface area contributed by atoms with Gasteiger partial charge in [0.05, 0.1) is 6.10 Å². The van der Waals surface area contributed by atoms with E-state index in [9.17, 15) is 5.11 Å². The Labute approximate surface area is 117 Å². The van der Waals surface area contributed by atoms with E-state index in [1.165, 1.54) is 0 Å². The lowest BCUT2D eigenvalue weighted by Crippen LogP contribution is -2.41. The molecule has 2 unspecified atom stereocenters. The maximum Gasteiger partial charge on any atom is 0.0858 e. The largest absolute Gasteiger partial charge is 0.388 e. The van der Waals surface area contributed by atoms with Crippen LogP contribution >= 0.6 is 0 Å². The van der Waals surface area contributed by atoms with Gasteiger partial charge in [-0.2, -0.15) is 0 Å². The van der Waals surface area contributed by atoms with Gasteiger partial charge in [0.2, 0.25) is 0 Å². The molecule has 2 heteroatoms. The predicted octanol–water partition coefficient (Wildman–Crippen LogP) is 3.52. The van der Waals surface area contributed by atoms with Gasteiger partial charge in [0.25, 0.3) is 0 Å². The molecular weight excluding hydrogens is 234 g/mol. The first-order chi connectivity index (χ1) is 8.85. The van der Waals surface area contributed by atoms with E-state index >= 15 is 0 Å². The van der Waals surface area contributed by atoms with Gasteiger partial charge in [0, 0.05) is 18.0 Å². The van der Waals surface area contributed by atoms with E-state index < -0.39 is 0 Å². The second-order valence-corrected chi connectivity index (χ2v) is 7.14. The molecule has 0 spiro atoms. The van der Waals surface area contributed by atoms with Crippen molar-refractivity contribution < 1.29 is 5.11 Å². The maximum absolute atomic E-state index is 10.6. The molecule has 0 saturated heterocycles. The summed E-state index contributed by atoms with van der Waals surface area (Å²) in [7, 11) is 0. The second-order valence-electron chi connectivity index (χ2n) is 7.14. The third kappa shape index (κ3) is 3.37. The van der Waals surface area contributed by atoms with Crippen molar-refractivity contribution in [1.82, 2.24) is 5.32 Å². The summed E-state index contributed by atoms with van der Waals surface area (Å²) in [6.07, 6.45) is 1.90. The molecule has 2 atom stereocenters. The van der Waals surface area contributed by atoms with Crippen LogP contribution < -0.4 is 5.32 Å². The number of nitrogens with one attached hydrogen (secondary N) is 1. The van der Waals surface area contributed by atoms with Crippen LogP contribution in [-0.4, -0.2) is 17.7 Å². The SMILES string of the molecule is CC(NCC1(C(O)c2ccccc2)CC1)C(C)(C)C. The summed E-state index contributed by atoms with van der Waals surface area (Å²) in [6.45, 7) is 9.88. The number of aliphatic hydroxyl groups is 1. The Kier molecular flexibility index (Phi) is 4.03. The smallest absolute Gasteiger partial charge is 0.0858 e. The average molecular weight is 261 g/mol. The minimum atomic E-state index is -0.339. The first kappa shape index (κ1) is 14.5. The Morgan fingerprint density at radius 3 is 2.26 bits per heavy atom. The van der Waals surface area contributed by atoms with Gasteiger partial charge in [-0.1, -0.05) is 51.1 Å². The second kappa shape index (κ2) is 5.26. The van der Waals surface area contributed by atoms with Crippen LogP contribution in [0, 0.1) is 10.8 Å². The Balaban J connectivity index is 1.97. The van der Waals surface area contributed by atoms with Crippen molar-refractivity contribution in [1.29, 1.82) is 0 Å². The van der Waals surface area contributed by atoms with Crippen LogP contribution in [0.2, 0.25) is 0 Å². The lowest BCUT2D eigenvalue weighted by atomic mass is 9.86. The van der Waals surface area contributed by atoms with Gasteiger partial charge in [-0.15, -0.1) is 0 Å². The monoisotopic (exact) mass is 261 g/mol. The third-order valence-electron chi connectivity index (χ3n) is 4.65. The van der Waals surface area contributed by atoms with Crippen LogP contribution in [0.4, 0.5) is 0 Å². The van der Waals surface area contributed by atoms with Crippen molar-refractivity contribution >= 4 is 0 Å². The van der Waals surface area contributed by atoms with E-state index in [1.54, 1.807) is 0 Å². The zero-order chi connectivity index (χ0) is 14.1. The van der Waals surface area contributed by atoms with Crippen molar-refractivity contribution in [3.63, 3.8) is 0 Å². The fourth-order valence-electron chi connectivity index (χ4n) is 2.36. The van der Waals surface area contributed by atoms with Crippen LogP contribution in [0.15, 0.2) is 30.3 Å². The molecule has 1 aromatic carbocycles. The minimum absolute atomic E-state index is 0.0564. The lowest BCUT2D eigenvalue weighted by Gasteiger charge is -2.31. The molecule has 106 valence electrons. The molecular formula is C17H27NO. The average Bonchev–Trinajstić information content (AvgIpc) is 3.16. The molecule has 1 saturated carbocycles. The van der Waals surface area contributed by atoms with Crippen molar-refractivity contribution in [3.05, 3.63) is 35.9 Å². The summed E-state index contributed by atoms with van der Waals surface area (Å²) in [5, 5.41) is 14.2. The highest BCUT2D eigenvalue weighted by atomic mass is 16.3. The van der Waals surface area contributed by atoms with Gasteiger partial charge >= 0.3 is 0 Å². The van der Waals surface area contributed by atoms with Gasteiger partial charge in [-0.05, 0) is 30.7 Å². The molecule has 0 heterocycles. The van der Waals surface area contributed by atoms with E-state index in [0.717, 1.165) is 24.9 Å². The first-order valence-electron chi connectivity index (χ1n) is 7.32. The van der Waals surface area contributed by atoms with Crippen LogP contribution in [0.1, 0.15) is 52.2 Å². The number of hydrogen-bond donors (Lipinski definition) is 2. The van der Waals surface area contributed by atoms with E-state index in [2.05, 4.69) is 33.0 Å². The van der Waals surface area contributed by atoms with Crippen molar-refractivity contribution in [2.24, 2.45) is 10.8 Å². The molecule has 1 aromatic rings. The summed E-state index contributed by atoms with van der Waals surface area (Å²) >= 11 is 0. The standard InChI is InChI=1S/C17H27NO/c1-13(16(2,3)4)18-12-17(10-11-17)15(19)14-8-6-5-7-9-14/h5-9,13,15,18-19H,10-12H2,1-4H3. The van der Waals surface area contributed by atoms with Crippen LogP contribution in [0.25, 0.3) is 0 Å². The molecule has 2 rings (SSSR count). The van der Waals surface area contributed by atoms with Crippen LogP contribution in [-0.2, 0) is 0 Å². The molecule has 0 aromatic heterocycles. The minimum Gasteiger partial charge on any atom is -0.388 e. The third-order valence-corrected chi connectivity index (χ3v) is 4.65. The molecule has 2 N–H and O–H groups in total. The van der Waals surface area contributed by atoms with Gasteiger partial charge in [0.1, 0.15) is 0 Å². The summed E-state index contributed by atoms with van der Waals surface area (Å²) in [5.74, 6) is 0. The molecule has 1 aliphatic rings. The molecule has 0 aliphatic heterocycles.